The summed E-state index contributed by atoms with van der Waals surface area (Å²) in [7, 11) is 0. The standard InChI is InChI=1S/C56H37NS/c1-2-13-42(14-3-1)50-36-33-44(49-23-11-18-41-16-5-7-20-47(41)49)37-54(50)57(53-25-12-24-52-51-21-8-9-26-55(51)58-56(52)53)45-34-31-39(32-35-45)38-27-29-43(30-28-38)48-22-10-17-40-15-4-6-19-46(40)48/h1-37H. The molecule has 58 heavy (non-hydrogen) atoms. The molecular formula is C56H37NS. The summed E-state index contributed by atoms with van der Waals surface area (Å²) in [5.74, 6) is 0. The summed E-state index contributed by atoms with van der Waals surface area (Å²) in [5, 5.41) is 7.58. The van der Waals surface area contributed by atoms with Gasteiger partial charge in [0, 0.05) is 26.7 Å². The van der Waals surface area contributed by atoms with E-state index in [2.05, 4.69) is 229 Å². The lowest BCUT2D eigenvalue weighted by atomic mass is 9.94. The summed E-state index contributed by atoms with van der Waals surface area (Å²) in [6.45, 7) is 0. The molecule has 1 aromatic heterocycles. The molecule has 11 rings (SSSR count). The van der Waals surface area contributed by atoms with Crippen LogP contribution in [0.15, 0.2) is 224 Å². The van der Waals surface area contributed by atoms with Gasteiger partial charge in [0.25, 0.3) is 0 Å². The van der Waals surface area contributed by atoms with Crippen molar-refractivity contribution in [2.24, 2.45) is 0 Å². The Bertz CT molecular complexity index is 3260. The predicted octanol–water partition coefficient (Wildman–Crippen LogP) is 16.5. The maximum Gasteiger partial charge on any atom is 0.0640 e. The second-order valence-corrected chi connectivity index (χ2v) is 15.9. The van der Waals surface area contributed by atoms with Crippen molar-refractivity contribution in [2.45, 2.75) is 0 Å². The molecule has 11 aromatic rings. The Kier molecular flexibility index (Phi) is 8.42. The quantitative estimate of drug-likeness (QED) is 0.157. The average Bonchev–Trinajstić information content (AvgIpc) is 3.69. The highest BCUT2D eigenvalue weighted by Gasteiger charge is 2.22. The minimum absolute atomic E-state index is 1.10. The van der Waals surface area contributed by atoms with Crippen LogP contribution in [-0.4, -0.2) is 0 Å². The van der Waals surface area contributed by atoms with Gasteiger partial charge in [0.1, 0.15) is 0 Å². The highest BCUT2D eigenvalue weighted by atomic mass is 32.1. The van der Waals surface area contributed by atoms with Gasteiger partial charge in [-0.2, -0.15) is 0 Å². The number of thiophene rings is 1. The summed E-state index contributed by atoms with van der Waals surface area (Å²) >= 11 is 1.87. The highest BCUT2D eigenvalue weighted by molar-refractivity contribution is 7.26. The fraction of sp³-hybridized carbons (Fsp3) is 0. The van der Waals surface area contributed by atoms with Gasteiger partial charge >= 0.3 is 0 Å². The van der Waals surface area contributed by atoms with E-state index in [0.29, 0.717) is 0 Å². The average molecular weight is 756 g/mol. The van der Waals surface area contributed by atoms with E-state index in [0.717, 1.165) is 17.1 Å². The lowest BCUT2D eigenvalue weighted by Crippen LogP contribution is -2.11. The van der Waals surface area contributed by atoms with E-state index in [1.54, 1.807) is 0 Å². The Morgan fingerprint density at radius 1 is 0.293 bits per heavy atom. The Labute approximate surface area is 342 Å². The summed E-state index contributed by atoms with van der Waals surface area (Å²) in [5.41, 5.74) is 13.0. The molecule has 10 aromatic carbocycles. The largest absolute Gasteiger partial charge is 0.308 e. The van der Waals surface area contributed by atoms with Crippen LogP contribution in [-0.2, 0) is 0 Å². The molecule has 0 spiro atoms. The molecule has 0 radical (unpaired) electrons. The molecule has 0 unspecified atom stereocenters. The molecule has 1 nitrogen and oxygen atoms in total. The molecule has 0 atom stereocenters. The van der Waals surface area contributed by atoms with Gasteiger partial charge < -0.3 is 4.90 Å². The van der Waals surface area contributed by atoms with E-state index in [9.17, 15) is 0 Å². The van der Waals surface area contributed by atoms with Crippen molar-refractivity contribution in [1.29, 1.82) is 0 Å². The van der Waals surface area contributed by atoms with Gasteiger partial charge in [-0.05, 0) is 90.8 Å². The zero-order chi connectivity index (χ0) is 38.4. The molecule has 0 N–H and O–H groups in total. The molecule has 0 fully saturated rings. The third kappa shape index (κ3) is 5.94. The minimum atomic E-state index is 1.10. The minimum Gasteiger partial charge on any atom is -0.308 e. The molecule has 0 saturated heterocycles. The summed E-state index contributed by atoms with van der Waals surface area (Å²) < 4.78 is 2.56. The molecule has 0 aliphatic carbocycles. The van der Waals surface area contributed by atoms with Crippen LogP contribution >= 0.6 is 11.3 Å². The first-order valence-electron chi connectivity index (χ1n) is 19.8. The Morgan fingerprint density at radius 3 is 1.50 bits per heavy atom. The molecule has 1 heterocycles. The van der Waals surface area contributed by atoms with E-state index >= 15 is 0 Å². The number of benzene rings is 10. The van der Waals surface area contributed by atoms with Gasteiger partial charge in [0.2, 0.25) is 0 Å². The summed E-state index contributed by atoms with van der Waals surface area (Å²) in [6.07, 6.45) is 0. The first-order chi connectivity index (χ1) is 28.8. The maximum atomic E-state index is 2.49. The molecular weight excluding hydrogens is 719 g/mol. The predicted molar refractivity (Wildman–Crippen MR) is 251 cm³/mol. The third-order valence-corrected chi connectivity index (χ3v) is 12.7. The Morgan fingerprint density at radius 2 is 0.793 bits per heavy atom. The van der Waals surface area contributed by atoms with Gasteiger partial charge in [-0.3, -0.25) is 0 Å². The van der Waals surface area contributed by atoms with Crippen molar-refractivity contribution in [3.05, 3.63) is 224 Å². The van der Waals surface area contributed by atoms with Gasteiger partial charge in [-0.15, -0.1) is 11.3 Å². The molecule has 0 bridgehead atoms. The SMILES string of the molecule is c1ccc(-c2ccc(-c3cccc4ccccc34)cc2N(c2ccc(-c3ccc(-c4cccc5ccccc45)cc3)cc2)c2cccc3c2sc2ccccc23)cc1. The first-order valence-corrected chi connectivity index (χ1v) is 20.7. The lowest BCUT2D eigenvalue weighted by molar-refractivity contribution is 1.30. The summed E-state index contributed by atoms with van der Waals surface area (Å²) in [6, 6.07) is 82.0. The molecule has 0 amide bonds. The second-order valence-electron chi connectivity index (χ2n) is 14.9. The zero-order valence-electron chi connectivity index (χ0n) is 31.7. The van der Waals surface area contributed by atoms with Gasteiger partial charge in [-0.25, -0.2) is 0 Å². The van der Waals surface area contributed by atoms with Crippen molar-refractivity contribution in [2.75, 3.05) is 4.90 Å². The Hall–Kier alpha value is -7.26. The summed E-state index contributed by atoms with van der Waals surface area (Å²) in [4.78, 5) is 2.49. The molecule has 0 aliphatic heterocycles. The number of rotatable bonds is 7. The van der Waals surface area contributed by atoms with Crippen LogP contribution in [0.5, 0.6) is 0 Å². The number of nitrogens with zero attached hydrogens (tertiary/aromatic N) is 1. The topological polar surface area (TPSA) is 3.24 Å². The highest BCUT2D eigenvalue weighted by Crippen LogP contribution is 2.48. The van der Waals surface area contributed by atoms with Crippen molar-refractivity contribution >= 4 is 70.1 Å². The lowest BCUT2D eigenvalue weighted by Gasteiger charge is -2.29. The van der Waals surface area contributed by atoms with Crippen LogP contribution in [0.4, 0.5) is 17.1 Å². The van der Waals surface area contributed by atoms with Crippen LogP contribution in [0.2, 0.25) is 0 Å². The normalized spacial score (nSPS) is 11.4. The van der Waals surface area contributed by atoms with Crippen molar-refractivity contribution in [3.63, 3.8) is 0 Å². The van der Waals surface area contributed by atoms with Crippen LogP contribution in [0.3, 0.4) is 0 Å². The second kappa shape index (κ2) is 14.4. The molecule has 272 valence electrons. The fourth-order valence-corrected chi connectivity index (χ4v) is 9.87. The van der Waals surface area contributed by atoms with Crippen molar-refractivity contribution < 1.29 is 0 Å². The first kappa shape index (κ1) is 34.0. The number of hydrogen-bond acceptors (Lipinski definition) is 2. The van der Waals surface area contributed by atoms with Gasteiger partial charge in [-0.1, -0.05) is 194 Å². The maximum absolute atomic E-state index is 2.49. The monoisotopic (exact) mass is 755 g/mol. The smallest absolute Gasteiger partial charge is 0.0640 e. The Balaban J connectivity index is 1.09. The fourth-order valence-electron chi connectivity index (χ4n) is 8.66. The zero-order valence-corrected chi connectivity index (χ0v) is 32.5. The van der Waals surface area contributed by atoms with Crippen LogP contribution in [0, 0.1) is 0 Å². The third-order valence-electron chi connectivity index (χ3n) is 11.5. The van der Waals surface area contributed by atoms with Crippen LogP contribution in [0.1, 0.15) is 0 Å². The van der Waals surface area contributed by atoms with Crippen LogP contribution in [0.25, 0.3) is 86.2 Å². The van der Waals surface area contributed by atoms with Crippen LogP contribution < -0.4 is 4.90 Å². The van der Waals surface area contributed by atoms with E-state index in [1.807, 2.05) is 11.3 Å². The van der Waals surface area contributed by atoms with E-state index in [1.165, 1.54) is 86.2 Å². The van der Waals surface area contributed by atoms with E-state index in [-0.39, 0.29) is 0 Å². The van der Waals surface area contributed by atoms with Gasteiger partial charge in [0.15, 0.2) is 0 Å². The van der Waals surface area contributed by atoms with E-state index in [4.69, 9.17) is 0 Å². The molecule has 0 aliphatic rings. The van der Waals surface area contributed by atoms with Gasteiger partial charge in [0.05, 0.1) is 16.1 Å². The number of hydrogen-bond donors (Lipinski definition) is 0. The number of fused-ring (bicyclic) bond motifs is 5. The van der Waals surface area contributed by atoms with Crippen molar-refractivity contribution in [3.8, 4) is 44.5 Å². The van der Waals surface area contributed by atoms with E-state index < -0.39 is 0 Å². The van der Waals surface area contributed by atoms with Crippen molar-refractivity contribution in [1.82, 2.24) is 0 Å². The molecule has 2 heteroatoms. The number of anilines is 3. The molecule has 0 saturated carbocycles.